The number of aliphatic hydroxyl groups is 1. The van der Waals surface area contributed by atoms with Crippen LogP contribution < -0.4 is 15.0 Å². The minimum Gasteiger partial charge on any atom is -0.507 e. The fourth-order valence-corrected chi connectivity index (χ4v) is 5.22. The van der Waals surface area contributed by atoms with Crippen molar-refractivity contribution in [1.82, 2.24) is 15.2 Å². The van der Waals surface area contributed by atoms with Gasteiger partial charge in [-0.3, -0.25) is 4.79 Å². The average Bonchev–Trinajstić information content (AvgIpc) is 2.97. The van der Waals surface area contributed by atoms with E-state index < -0.39 is 46.2 Å². The number of pyridine rings is 1. The lowest BCUT2D eigenvalue weighted by molar-refractivity contribution is 0.0606. The van der Waals surface area contributed by atoms with E-state index in [1.165, 1.54) is 0 Å². The second-order valence-corrected chi connectivity index (χ2v) is 9.91. The molecule has 0 spiro atoms. The molecule has 0 saturated carbocycles. The van der Waals surface area contributed by atoms with Gasteiger partial charge in [-0.15, -0.1) is 0 Å². The SMILES string of the molecule is CC1(C)CC(O)CN1c1nc(-c2c(O)ccc(Cl)c2F)c(F)c2c1C(=O)N1CCNC[C@@H]1CO2. The van der Waals surface area contributed by atoms with Gasteiger partial charge in [0.15, 0.2) is 17.4 Å². The molecule has 1 unspecified atom stereocenters. The van der Waals surface area contributed by atoms with Crippen LogP contribution in [0.5, 0.6) is 11.5 Å². The minimum atomic E-state index is -1.06. The van der Waals surface area contributed by atoms with E-state index in [1.807, 2.05) is 13.8 Å². The number of phenols is 1. The number of nitrogens with zero attached hydrogens (tertiary/aromatic N) is 3. The van der Waals surface area contributed by atoms with Crippen LogP contribution in [-0.4, -0.2) is 76.5 Å². The molecule has 4 heterocycles. The predicted octanol–water partition coefficient (Wildman–Crippen LogP) is 2.54. The number of carbonyl (C=O) groups excluding carboxylic acids is 1. The number of hydrogen-bond donors (Lipinski definition) is 3. The van der Waals surface area contributed by atoms with Gasteiger partial charge in [0.2, 0.25) is 0 Å². The maximum absolute atomic E-state index is 15.9. The predicted molar refractivity (Wildman–Crippen MR) is 122 cm³/mol. The van der Waals surface area contributed by atoms with Gasteiger partial charge in [-0.05, 0) is 32.4 Å². The Morgan fingerprint density at radius 2 is 2.03 bits per heavy atom. The quantitative estimate of drug-likeness (QED) is 0.590. The average molecular weight is 495 g/mol. The summed E-state index contributed by atoms with van der Waals surface area (Å²) in [4.78, 5) is 21.4. The van der Waals surface area contributed by atoms with Crippen LogP contribution in [0.25, 0.3) is 11.3 Å². The first kappa shape index (κ1) is 23.1. The smallest absolute Gasteiger partial charge is 0.261 e. The van der Waals surface area contributed by atoms with Crippen molar-refractivity contribution in [3.8, 4) is 22.8 Å². The second kappa shape index (κ2) is 8.21. The number of amides is 1. The fraction of sp³-hybridized carbons (Fsp3) is 0.478. The standard InChI is InChI=1S/C23H25ClF2N4O4/c1-23(2)7-12(31)9-30(23)21-16-20(34-10-11-8-27-5-6-29(11)22(16)33)18(26)19(28-21)15-14(32)4-3-13(24)17(15)25/h3-4,11-12,27,31-32H,5-10H2,1-2H3/t11-,12?/m1/s1. The van der Waals surface area contributed by atoms with Crippen molar-refractivity contribution in [2.24, 2.45) is 0 Å². The highest BCUT2D eigenvalue weighted by molar-refractivity contribution is 6.31. The van der Waals surface area contributed by atoms with E-state index in [-0.39, 0.29) is 41.3 Å². The Morgan fingerprint density at radius 1 is 1.26 bits per heavy atom. The summed E-state index contributed by atoms with van der Waals surface area (Å²) >= 11 is 5.92. The number of ether oxygens (including phenoxy) is 1. The van der Waals surface area contributed by atoms with Gasteiger partial charge in [0, 0.05) is 31.7 Å². The Morgan fingerprint density at radius 3 is 2.74 bits per heavy atom. The lowest BCUT2D eigenvalue weighted by Gasteiger charge is -2.36. The molecule has 1 aromatic carbocycles. The van der Waals surface area contributed by atoms with Crippen molar-refractivity contribution < 1.29 is 28.5 Å². The number of aromatic hydroxyl groups is 1. The summed E-state index contributed by atoms with van der Waals surface area (Å²) in [7, 11) is 0. The molecule has 1 aromatic heterocycles. The molecule has 1 amide bonds. The number of phenolic OH excluding ortho intramolecular Hbond substituents is 1. The van der Waals surface area contributed by atoms with E-state index in [1.54, 1.807) is 9.80 Å². The first-order chi connectivity index (χ1) is 16.1. The first-order valence-corrected chi connectivity index (χ1v) is 11.5. The molecule has 3 aliphatic rings. The van der Waals surface area contributed by atoms with Crippen molar-refractivity contribution in [1.29, 1.82) is 0 Å². The zero-order chi connectivity index (χ0) is 24.4. The molecular weight excluding hydrogens is 470 g/mol. The molecule has 11 heteroatoms. The molecule has 2 aromatic rings. The van der Waals surface area contributed by atoms with Crippen molar-refractivity contribution in [3.05, 3.63) is 34.4 Å². The Labute approximate surface area is 200 Å². The zero-order valence-corrected chi connectivity index (χ0v) is 19.5. The van der Waals surface area contributed by atoms with E-state index in [9.17, 15) is 15.0 Å². The van der Waals surface area contributed by atoms with Crippen molar-refractivity contribution in [2.75, 3.05) is 37.7 Å². The summed E-state index contributed by atoms with van der Waals surface area (Å²) in [5.74, 6) is -3.39. The van der Waals surface area contributed by atoms with E-state index >= 15 is 8.78 Å². The van der Waals surface area contributed by atoms with Crippen LogP contribution in [0.3, 0.4) is 0 Å². The van der Waals surface area contributed by atoms with Crippen molar-refractivity contribution in [2.45, 2.75) is 38.0 Å². The van der Waals surface area contributed by atoms with Gasteiger partial charge < -0.3 is 30.1 Å². The molecule has 34 heavy (non-hydrogen) atoms. The van der Waals surface area contributed by atoms with Crippen molar-refractivity contribution in [3.63, 3.8) is 0 Å². The lowest BCUT2D eigenvalue weighted by atomic mass is 9.99. The highest BCUT2D eigenvalue weighted by Gasteiger charge is 2.45. The number of β-amino-alcohol motifs (C(OH)–C–C–N with tert-alkyl or cyclic N) is 1. The number of benzene rings is 1. The molecule has 0 aliphatic carbocycles. The molecule has 5 rings (SSSR count). The summed E-state index contributed by atoms with van der Waals surface area (Å²) in [6.45, 7) is 5.37. The Hall–Kier alpha value is -2.69. The van der Waals surface area contributed by atoms with Gasteiger partial charge in [-0.1, -0.05) is 11.6 Å². The number of aliphatic hydroxyl groups excluding tert-OH is 1. The maximum atomic E-state index is 15.9. The summed E-state index contributed by atoms with van der Waals surface area (Å²) in [6.07, 6.45) is -0.316. The number of rotatable bonds is 2. The summed E-state index contributed by atoms with van der Waals surface area (Å²) in [6, 6.07) is 1.98. The van der Waals surface area contributed by atoms with Gasteiger partial charge >= 0.3 is 0 Å². The number of nitrogens with one attached hydrogen (secondary N) is 1. The molecule has 182 valence electrons. The normalized spacial score (nSPS) is 23.9. The van der Waals surface area contributed by atoms with Crippen molar-refractivity contribution >= 4 is 23.3 Å². The van der Waals surface area contributed by atoms with E-state index in [2.05, 4.69) is 10.3 Å². The van der Waals surface area contributed by atoms with Crippen LogP contribution in [0.1, 0.15) is 30.6 Å². The van der Waals surface area contributed by atoms with Gasteiger partial charge in [0.1, 0.15) is 29.4 Å². The maximum Gasteiger partial charge on any atom is 0.261 e. The van der Waals surface area contributed by atoms with Gasteiger partial charge in [-0.25, -0.2) is 13.8 Å². The third kappa shape index (κ3) is 3.55. The Balaban J connectivity index is 1.79. The molecule has 0 radical (unpaired) electrons. The molecule has 3 N–H and O–H groups in total. The Kier molecular flexibility index (Phi) is 5.57. The third-order valence-electron chi connectivity index (χ3n) is 6.75. The molecule has 2 saturated heterocycles. The number of aromatic nitrogens is 1. The van der Waals surface area contributed by atoms with Crippen LogP contribution in [0, 0.1) is 11.6 Å². The fourth-order valence-electron chi connectivity index (χ4n) is 5.07. The zero-order valence-electron chi connectivity index (χ0n) is 18.7. The lowest BCUT2D eigenvalue weighted by Crippen LogP contribution is -2.55. The highest BCUT2D eigenvalue weighted by Crippen LogP contribution is 2.45. The van der Waals surface area contributed by atoms with Gasteiger partial charge in [-0.2, -0.15) is 0 Å². The molecule has 2 fully saturated rings. The number of halogens is 3. The monoisotopic (exact) mass is 494 g/mol. The van der Waals surface area contributed by atoms with E-state index in [0.717, 1.165) is 12.1 Å². The minimum absolute atomic E-state index is 0.0293. The van der Waals surface area contributed by atoms with E-state index in [4.69, 9.17) is 16.3 Å². The number of carbonyl (C=O) groups is 1. The molecule has 8 nitrogen and oxygen atoms in total. The van der Waals surface area contributed by atoms with Crippen LogP contribution in [0.4, 0.5) is 14.6 Å². The number of fused-ring (bicyclic) bond motifs is 2. The van der Waals surface area contributed by atoms with Crippen LogP contribution >= 0.6 is 11.6 Å². The largest absolute Gasteiger partial charge is 0.507 e. The van der Waals surface area contributed by atoms with Gasteiger partial charge in [0.25, 0.3) is 5.91 Å². The Bertz CT molecular complexity index is 1180. The molecule has 3 aliphatic heterocycles. The summed E-state index contributed by atoms with van der Waals surface area (Å²) < 4.78 is 36.8. The number of anilines is 1. The topological polar surface area (TPSA) is 98.2 Å². The highest BCUT2D eigenvalue weighted by atomic mass is 35.5. The van der Waals surface area contributed by atoms with Crippen LogP contribution in [0.15, 0.2) is 12.1 Å². The second-order valence-electron chi connectivity index (χ2n) is 9.51. The number of hydrogen-bond acceptors (Lipinski definition) is 7. The first-order valence-electron chi connectivity index (χ1n) is 11.1. The van der Waals surface area contributed by atoms with Crippen LogP contribution in [-0.2, 0) is 0 Å². The van der Waals surface area contributed by atoms with Crippen LogP contribution in [0.2, 0.25) is 5.02 Å². The van der Waals surface area contributed by atoms with Gasteiger partial charge in [0.05, 0.1) is 22.7 Å². The molecule has 0 bridgehead atoms. The summed E-state index contributed by atoms with van der Waals surface area (Å²) in [5, 5.41) is 23.7. The molecular formula is C23H25ClF2N4O4. The van der Waals surface area contributed by atoms with E-state index in [0.29, 0.717) is 26.1 Å². The number of piperazine rings is 1. The summed E-state index contributed by atoms with van der Waals surface area (Å²) in [5.41, 5.74) is -1.75. The molecule has 2 atom stereocenters. The third-order valence-corrected chi connectivity index (χ3v) is 7.04.